The van der Waals surface area contributed by atoms with Crippen molar-refractivity contribution in [2.45, 2.75) is 6.92 Å². The maximum Gasteiger partial charge on any atom is 0.258 e. The Morgan fingerprint density at radius 3 is 2.94 bits per heavy atom. The highest BCUT2D eigenvalue weighted by atomic mass is 79.9. The van der Waals surface area contributed by atoms with E-state index in [9.17, 15) is 4.79 Å². The SMILES string of the molecule is Cc1cc(Br)ccc1C(=O)Nc1ncn[nH]1. The minimum absolute atomic E-state index is 0.207. The molecule has 1 amide bonds. The lowest BCUT2D eigenvalue weighted by Gasteiger charge is -2.05. The van der Waals surface area contributed by atoms with Gasteiger partial charge in [0.25, 0.3) is 5.91 Å². The van der Waals surface area contributed by atoms with Crippen molar-refractivity contribution < 1.29 is 4.79 Å². The predicted octanol–water partition coefficient (Wildman–Crippen LogP) is 2.13. The number of aromatic nitrogens is 3. The van der Waals surface area contributed by atoms with E-state index in [4.69, 9.17) is 0 Å². The molecule has 0 aliphatic carbocycles. The molecule has 2 N–H and O–H groups in total. The summed E-state index contributed by atoms with van der Waals surface area (Å²) in [5.41, 5.74) is 1.51. The lowest BCUT2D eigenvalue weighted by atomic mass is 10.1. The van der Waals surface area contributed by atoms with Gasteiger partial charge in [-0.15, -0.1) is 0 Å². The number of nitrogens with zero attached hydrogens (tertiary/aromatic N) is 2. The Labute approximate surface area is 100 Å². The smallest absolute Gasteiger partial charge is 0.258 e. The monoisotopic (exact) mass is 280 g/mol. The summed E-state index contributed by atoms with van der Waals surface area (Å²) in [5.74, 6) is 0.133. The summed E-state index contributed by atoms with van der Waals surface area (Å²) in [6.07, 6.45) is 1.34. The van der Waals surface area contributed by atoms with Crippen LogP contribution in [-0.4, -0.2) is 21.1 Å². The van der Waals surface area contributed by atoms with Gasteiger partial charge in [-0.05, 0) is 30.7 Å². The van der Waals surface area contributed by atoms with Crippen LogP contribution in [0.1, 0.15) is 15.9 Å². The van der Waals surface area contributed by atoms with Crippen molar-refractivity contribution in [2.24, 2.45) is 0 Å². The number of carbonyl (C=O) groups is 1. The molecule has 1 aromatic carbocycles. The first-order valence-corrected chi connectivity index (χ1v) is 5.39. The number of amides is 1. The summed E-state index contributed by atoms with van der Waals surface area (Å²) < 4.78 is 0.946. The van der Waals surface area contributed by atoms with E-state index in [1.165, 1.54) is 6.33 Å². The van der Waals surface area contributed by atoms with Gasteiger partial charge in [-0.3, -0.25) is 10.1 Å². The second-order valence-electron chi connectivity index (χ2n) is 3.25. The highest BCUT2D eigenvalue weighted by molar-refractivity contribution is 9.10. The van der Waals surface area contributed by atoms with Crippen LogP contribution in [0.25, 0.3) is 0 Å². The fourth-order valence-corrected chi connectivity index (χ4v) is 1.80. The molecule has 0 unspecified atom stereocenters. The van der Waals surface area contributed by atoms with Crippen LogP contribution in [0.5, 0.6) is 0 Å². The molecule has 82 valence electrons. The molecule has 0 radical (unpaired) electrons. The van der Waals surface area contributed by atoms with Crippen LogP contribution < -0.4 is 5.32 Å². The molecule has 1 aromatic heterocycles. The molecule has 16 heavy (non-hydrogen) atoms. The van der Waals surface area contributed by atoms with Gasteiger partial charge in [-0.25, -0.2) is 5.10 Å². The molecule has 0 aliphatic heterocycles. The molecule has 0 spiro atoms. The summed E-state index contributed by atoms with van der Waals surface area (Å²) in [4.78, 5) is 15.7. The van der Waals surface area contributed by atoms with E-state index < -0.39 is 0 Å². The van der Waals surface area contributed by atoms with Gasteiger partial charge in [-0.2, -0.15) is 10.1 Å². The van der Waals surface area contributed by atoms with Gasteiger partial charge >= 0.3 is 0 Å². The molecule has 0 saturated carbocycles. The number of carbonyl (C=O) groups excluding carboxylic acids is 1. The van der Waals surface area contributed by atoms with Crippen LogP contribution in [0.3, 0.4) is 0 Å². The topological polar surface area (TPSA) is 70.7 Å². The van der Waals surface area contributed by atoms with Crippen LogP contribution in [0.15, 0.2) is 29.0 Å². The quantitative estimate of drug-likeness (QED) is 0.885. The number of hydrogen-bond donors (Lipinski definition) is 2. The largest absolute Gasteiger partial charge is 0.291 e. The average Bonchev–Trinajstić information content (AvgIpc) is 2.70. The molecule has 0 fully saturated rings. The number of aryl methyl sites for hydroxylation is 1. The van der Waals surface area contributed by atoms with Crippen LogP contribution in [0.2, 0.25) is 0 Å². The summed E-state index contributed by atoms with van der Waals surface area (Å²) in [5, 5.41) is 8.83. The molecular weight excluding hydrogens is 272 g/mol. The van der Waals surface area contributed by atoms with E-state index >= 15 is 0 Å². The van der Waals surface area contributed by atoms with E-state index in [2.05, 4.69) is 36.4 Å². The Kier molecular flexibility index (Phi) is 3.00. The van der Waals surface area contributed by atoms with Crippen molar-refractivity contribution in [3.05, 3.63) is 40.1 Å². The highest BCUT2D eigenvalue weighted by Crippen LogP contribution is 2.16. The van der Waals surface area contributed by atoms with E-state index in [1.807, 2.05) is 19.1 Å². The number of H-pyrrole nitrogens is 1. The molecule has 2 rings (SSSR count). The summed E-state index contributed by atoms with van der Waals surface area (Å²) in [7, 11) is 0. The minimum atomic E-state index is -0.207. The normalized spacial score (nSPS) is 10.1. The molecule has 0 saturated heterocycles. The zero-order chi connectivity index (χ0) is 11.5. The summed E-state index contributed by atoms with van der Waals surface area (Å²) >= 11 is 3.35. The lowest BCUT2D eigenvalue weighted by Crippen LogP contribution is -2.14. The second kappa shape index (κ2) is 4.44. The van der Waals surface area contributed by atoms with Gasteiger partial charge in [0, 0.05) is 10.0 Å². The van der Waals surface area contributed by atoms with E-state index in [-0.39, 0.29) is 5.91 Å². The van der Waals surface area contributed by atoms with Gasteiger partial charge in [0.2, 0.25) is 5.95 Å². The number of hydrogen-bond acceptors (Lipinski definition) is 3. The Morgan fingerprint density at radius 1 is 1.50 bits per heavy atom. The molecule has 0 atom stereocenters. The van der Waals surface area contributed by atoms with E-state index in [0.29, 0.717) is 11.5 Å². The maximum absolute atomic E-state index is 11.8. The minimum Gasteiger partial charge on any atom is -0.291 e. The molecule has 2 aromatic rings. The van der Waals surface area contributed by atoms with Gasteiger partial charge in [0.05, 0.1) is 0 Å². The first-order chi connectivity index (χ1) is 7.66. The number of aromatic amines is 1. The Bertz CT molecular complexity index is 510. The molecule has 6 heteroatoms. The highest BCUT2D eigenvalue weighted by Gasteiger charge is 2.10. The zero-order valence-corrected chi connectivity index (χ0v) is 10.1. The third kappa shape index (κ3) is 2.27. The average molecular weight is 281 g/mol. The molecule has 0 bridgehead atoms. The van der Waals surface area contributed by atoms with Gasteiger partial charge in [0.15, 0.2) is 0 Å². The van der Waals surface area contributed by atoms with Gasteiger partial charge in [-0.1, -0.05) is 15.9 Å². The first kappa shape index (κ1) is 10.8. The Balaban J connectivity index is 2.21. The fourth-order valence-electron chi connectivity index (χ4n) is 1.32. The van der Waals surface area contributed by atoms with Crippen LogP contribution in [0.4, 0.5) is 5.95 Å². The standard InChI is InChI=1S/C10H9BrN4O/c1-6-4-7(11)2-3-8(6)9(16)14-10-12-5-13-15-10/h2-5H,1H3,(H2,12,13,14,15,16). The molecule has 0 aliphatic rings. The predicted molar refractivity (Wildman–Crippen MR) is 63.2 cm³/mol. The van der Waals surface area contributed by atoms with Crippen molar-refractivity contribution in [3.8, 4) is 0 Å². The second-order valence-corrected chi connectivity index (χ2v) is 4.16. The fraction of sp³-hybridized carbons (Fsp3) is 0.100. The van der Waals surface area contributed by atoms with Gasteiger partial charge in [0.1, 0.15) is 6.33 Å². The van der Waals surface area contributed by atoms with E-state index in [0.717, 1.165) is 10.0 Å². The van der Waals surface area contributed by atoms with E-state index in [1.54, 1.807) is 6.07 Å². The third-order valence-corrected chi connectivity index (χ3v) is 2.57. The zero-order valence-electron chi connectivity index (χ0n) is 8.49. The lowest BCUT2D eigenvalue weighted by molar-refractivity contribution is 0.102. The molecule has 5 nitrogen and oxygen atoms in total. The van der Waals surface area contributed by atoms with Crippen molar-refractivity contribution in [1.29, 1.82) is 0 Å². The Morgan fingerprint density at radius 2 is 2.31 bits per heavy atom. The third-order valence-electron chi connectivity index (χ3n) is 2.08. The molecular formula is C10H9BrN4O. The van der Waals surface area contributed by atoms with Crippen molar-refractivity contribution in [2.75, 3.05) is 5.32 Å². The summed E-state index contributed by atoms with van der Waals surface area (Å²) in [6.45, 7) is 1.88. The van der Waals surface area contributed by atoms with Crippen molar-refractivity contribution >= 4 is 27.8 Å². The summed E-state index contributed by atoms with van der Waals surface area (Å²) in [6, 6.07) is 5.46. The Hall–Kier alpha value is -1.69. The number of nitrogens with one attached hydrogen (secondary N) is 2. The first-order valence-electron chi connectivity index (χ1n) is 4.59. The van der Waals surface area contributed by atoms with Crippen LogP contribution >= 0.6 is 15.9 Å². The van der Waals surface area contributed by atoms with Crippen molar-refractivity contribution in [3.63, 3.8) is 0 Å². The molecule has 1 heterocycles. The maximum atomic E-state index is 11.8. The number of anilines is 1. The number of halogens is 1. The van der Waals surface area contributed by atoms with Gasteiger partial charge < -0.3 is 0 Å². The van der Waals surface area contributed by atoms with Crippen molar-refractivity contribution in [1.82, 2.24) is 15.2 Å². The number of benzene rings is 1. The van der Waals surface area contributed by atoms with Crippen LogP contribution in [-0.2, 0) is 0 Å². The number of rotatable bonds is 2. The van der Waals surface area contributed by atoms with Crippen LogP contribution in [0, 0.1) is 6.92 Å².